The number of aryl methyl sites for hydroxylation is 1. The van der Waals surface area contributed by atoms with Crippen LogP contribution in [0.1, 0.15) is 61.8 Å². The summed E-state index contributed by atoms with van der Waals surface area (Å²) in [6.07, 6.45) is -1.71. The van der Waals surface area contributed by atoms with Gasteiger partial charge in [-0.15, -0.1) is 0 Å². The number of alkyl halides is 3. The molecule has 0 spiro atoms. The van der Waals surface area contributed by atoms with Crippen LogP contribution < -0.4 is 9.47 Å². The van der Waals surface area contributed by atoms with E-state index in [0.717, 1.165) is 43.8 Å². The van der Waals surface area contributed by atoms with Gasteiger partial charge in [0.05, 0.1) is 5.56 Å². The Kier molecular flexibility index (Phi) is 11.0. The first-order chi connectivity index (χ1) is 23.4. The van der Waals surface area contributed by atoms with E-state index < -0.39 is 17.3 Å². The molecule has 2 amide bonds. The molecule has 0 N–H and O–H groups in total. The number of likely N-dealkylation sites (tertiary alicyclic amines) is 2. The van der Waals surface area contributed by atoms with Crippen molar-refractivity contribution in [3.63, 3.8) is 0 Å². The van der Waals surface area contributed by atoms with Gasteiger partial charge in [-0.2, -0.15) is 13.2 Å². The van der Waals surface area contributed by atoms with Crippen LogP contribution in [0.2, 0.25) is 0 Å². The number of carbonyl (C=O) groups excluding carboxylic acids is 2. The van der Waals surface area contributed by atoms with Gasteiger partial charge in [0.25, 0.3) is 0 Å². The van der Waals surface area contributed by atoms with E-state index in [2.05, 4.69) is 31.2 Å². The van der Waals surface area contributed by atoms with E-state index in [1.807, 2.05) is 65.6 Å². The lowest BCUT2D eigenvalue weighted by Crippen LogP contribution is -2.47. The number of benzene rings is 4. The van der Waals surface area contributed by atoms with Crippen molar-refractivity contribution in [3.05, 3.63) is 131 Å². The predicted octanol–water partition coefficient (Wildman–Crippen LogP) is 8.53. The zero-order chi connectivity index (χ0) is 35.1. The Bertz CT molecular complexity index is 1660. The van der Waals surface area contributed by atoms with E-state index in [9.17, 15) is 22.8 Å². The smallest absolute Gasteiger partial charge is 0.416 e. The summed E-state index contributed by atoms with van der Waals surface area (Å²) in [7, 11) is 0. The maximum Gasteiger partial charge on any atom is 0.416 e. The fourth-order valence-corrected chi connectivity index (χ4v) is 6.51. The number of rotatable bonds is 6. The highest BCUT2D eigenvalue weighted by Gasteiger charge is 2.41. The third-order valence-electron chi connectivity index (χ3n) is 9.46. The standard InChI is InChI=1S/C20H20F3NO2.C20H23NO2/c1-15(25)24-13-11-19(12-14-24,26-18-5-3-2-4-6-18)16-7-9-17(10-8-16)20(21,22)23;1-16-8-10-18(11-9-16)20(23-19-6-4-3-5-7-19)12-14-21(15-13-20)17(2)22/h2-10H,11-14H2,1H3;3-11H,12-15H2,1-2H3. The minimum absolute atomic E-state index is 0.00858. The minimum atomic E-state index is -4.37. The van der Waals surface area contributed by atoms with E-state index in [-0.39, 0.29) is 17.4 Å². The highest BCUT2D eigenvalue weighted by Crippen LogP contribution is 2.40. The van der Waals surface area contributed by atoms with E-state index in [4.69, 9.17) is 9.47 Å². The summed E-state index contributed by atoms with van der Waals surface area (Å²) >= 11 is 0. The Morgan fingerprint density at radius 3 is 1.24 bits per heavy atom. The van der Waals surface area contributed by atoms with Crippen molar-refractivity contribution < 1.29 is 32.2 Å². The Balaban J connectivity index is 0.000000192. The van der Waals surface area contributed by atoms with Crippen LogP contribution in [0, 0.1) is 6.92 Å². The van der Waals surface area contributed by atoms with E-state index in [1.54, 1.807) is 11.8 Å². The normalized spacial score (nSPS) is 16.9. The molecule has 6 nitrogen and oxygen atoms in total. The number of nitrogens with zero attached hydrogens (tertiary/aromatic N) is 2. The average Bonchev–Trinajstić information content (AvgIpc) is 3.10. The van der Waals surface area contributed by atoms with Gasteiger partial charge in [-0.3, -0.25) is 9.59 Å². The number of hydrogen-bond acceptors (Lipinski definition) is 4. The molecule has 0 atom stereocenters. The van der Waals surface area contributed by atoms with Crippen molar-refractivity contribution in [3.8, 4) is 11.5 Å². The van der Waals surface area contributed by atoms with Gasteiger partial charge in [0.1, 0.15) is 22.7 Å². The third kappa shape index (κ3) is 8.82. The van der Waals surface area contributed by atoms with Crippen LogP contribution in [-0.4, -0.2) is 47.8 Å². The van der Waals surface area contributed by atoms with Gasteiger partial charge < -0.3 is 19.3 Å². The molecule has 4 aromatic carbocycles. The van der Waals surface area contributed by atoms with Crippen molar-refractivity contribution in [1.29, 1.82) is 0 Å². The molecular weight excluding hydrogens is 629 g/mol. The predicted molar refractivity (Wildman–Crippen MR) is 183 cm³/mol. The Hall–Kier alpha value is -4.79. The first-order valence-electron chi connectivity index (χ1n) is 16.6. The summed E-state index contributed by atoms with van der Waals surface area (Å²) in [5.41, 5.74) is 1.33. The first kappa shape index (κ1) is 35.5. The van der Waals surface area contributed by atoms with Crippen molar-refractivity contribution in [2.24, 2.45) is 0 Å². The number of carbonyl (C=O) groups is 2. The maximum atomic E-state index is 12.9. The second-order valence-corrected chi connectivity index (χ2v) is 12.8. The topological polar surface area (TPSA) is 59.1 Å². The molecule has 2 aliphatic rings. The molecule has 0 aromatic heterocycles. The molecule has 2 heterocycles. The fraction of sp³-hybridized carbons (Fsp3) is 0.350. The Morgan fingerprint density at radius 2 is 0.918 bits per heavy atom. The molecule has 0 bridgehead atoms. The lowest BCUT2D eigenvalue weighted by molar-refractivity contribution is -0.138. The van der Waals surface area contributed by atoms with Crippen LogP contribution >= 0.6 is 0 Å². The SMILES string of the molecule is CC(=O)N1CCC(Oc2ccccc2)(c2ccc(C(F)(F)F)cc2)CC1.CC(=O)N1CCC(Oc2ccccc2)(c2ccc(C)cc2)CC1. The van der Waals surface area contributed by atoms with E-state index >= 15 is 0 Å². The molecule has 0 saturated carbocycles. The van der Waals surface area contributed by atoms with Crippen LogP contribution in [-0.2, 0) is 27.0 Å². The molecule has 0 radical (unpaired) electrons. The van der Waals surface area contributed by atoms with Crippen LogP contribution in [0.4, 0.5) is 13.2 Å². The van der Waals surface area contributed by atoms with E-state index in [0.29, 0.717) is 37.2 Å². The van der Waals surface area contributed by atoms with Crippen LogP contribution in [0.15, 0.2) is 109 Å². The highest BCUT2D eigenvalue weighted by atomic mass is 19.4. The van der Waals surface area contributed by atoms with Crippen molar-refractivity contribution in [2.75, 3.05) is 26.2 Å². The maximum absolute atomic E-state index is 12.9. The molecule has 6 rings (SSSR count). The monoisotopic (exact) mass is 672 g/mol. The molecule has 0 unspecified atom stereocenters. The van der Waals surface area contributed by atoms with Crippen molar-refractivity contribution in [1.82, 2.24) is 9.80 Å². The quantitative estimate of drug-likeness (QED) is 0.206. The molecule has 0 aliphatic carbocycles. The van der Waals surface area contributed by atoms with Crippen molar-refractivity contribution >= 4 is 11.8 Å². The Morgan fingerprint density at radius 1 is 0.571 bits per heavy atom. The summed E-state index contributed by atoms with van der Waals surface area (Å²) in [4.78, 5) is 26.9. The second kappa shape index (κ2) is 15.2. The van der Waals surface area contributed by atoms with Crippen LogP contribution in [0.5, 0.6) is 11.5 Å². The molecule has 2 aliphatic heterocycles. The van der Waals surface area contributed by atoms with Gasteiger partial charge in [0, 0.05) is 65.7 Å². The van der Waals surface area contributed by atoms with E-state index in [1.165, 1.54) is 30.2 Å². The number of ether oxygens (including phenoxy) is 2. The van der Waals surface area contributed by atoms with Gasteiger partial charge in [-0.25, -0.2) is 0 Å². The van der Waals surface area contributed by atoms with Gasteiger partial charge >= 0.3 is 6.18 Å². The van der Waals surface area contributed by atoms with Gasteiger partial charge in [0.15, 0.2) is 0 Å². The largest absolute Gasteiger partial charge is 0.482 e. The van der Waals surface area contributed by atoms with Gasteiger partial charge in [0.2, 0.25) is 11.8 Å². The second-order valence-electron chi connectivity index (χ2n) is 12.8. The molecule has 2 saturated heterocycles. The number of hydrogen-bond donors (Lipinski definition) is 0. The minimum Gasteiger partial charge on any atom is -0.482 e. The number of para-hydroxylation sites is 2. The summed E-state index contributed by atoms with van der Waals surface area (Å²) < 4.78 is 51.3. The lowest BCUT2D eigenvalue weighted by Gasteiger charge is -2.42. The molecule has 49 heavy (non-hydrogen) atoms. The van der Waals surface area contributed by atoms with Crippen LogP contribution in [0.25, 0.3) is 0 Å². The summed E-state index contributed by atoms with van der Waals surface area (Å²) in [6, 6.07) is 32.9. The zero-order valence-electron chi connectivity index (χ0n) is 28.2. The lowest BCUT2D eigenvalue weighted by atomic mass is 9.83. The molecule has 9 heteroatoms. The van der Waals surface area contributed by atoms with Gasteiger partial charge in [-0.05, 0) is 54.4 Å². The third-order valence-corrected chi connectivity index (χ3v) is 9.46. The average molecular weight is 673 g/mol. The first-order valence-corrected chi connectivity index (χ1v) is 16.6. The fourth-order valence-electron chi connectivity index (χ4n) is 6.51. The molecule has 258 valence electrons. The van der Waals surface area contributed by atoms with Crippen molar-refractivity contribution in [2.45, 2.75) is 63.8 Å². The number of piperidine rings is 2. The highest BCUT2D eigenvalue weighted by molar-refractivity contribution is 5.73. The summed E-state index contributed by atoms with van der Waals surface area (Å²) in [6.45, 7) is 7.71. The molecular formula is C40H43F3N2O4. The Labute approximate surface area is 286 Å². The molecule has 2 fully saturated rings. The van der Waals surface area contributed by atoms with Crippen LogP contribution in [0.3, 0.4) is 0 Å². The summed E-state index contributed by atoms with van der Waals surface area (Å²) in [5, 5.41) is 0. The molecule has 4 aromatic rings. The zero-order valence-corrected chi connectivity index (χ0v) is 28.2. The number of halogens is 3. The number of amides is 2. The summed E-state index contributed by atoms with van der Waals surface area (Å²) in [5.74, 6) is 1.67. The van der Waals surface area contributed by atoms with Gasteiger partial charge in [-0.1, -0.05) is 78.4 Å².